The summed E-state index contributed by atoms with van der Waals surface area (Å²) in [5.74, 6) is 0. The van der Waals surface area contributed by atoms with E-state index in [0.717, 1.165) is 28.0 Å². The highest BCUT2D eigenvalue weighted by Crippen LogP contribution is 2.55. The Morgan fingerprint density at radius 1 is 0.514 bits per heavy atom. The molecule has 1 N–H and O–H groups in total. The lowest BCUT2D eigenvalue weighted by molar-refractivity contribution is 0.661. The van der Waals surface area contributed by atoms with Gasteiger partial charge in [0.25, 0.3) is 0 Å². The maximum Gasteiger partial charge on any atom is 0.0716 e. The number of rotatable bonds is 7. The highest BCUT2D eigenvalue weighted by Gasteiger charge is 2.39. The van der Waals surface area contributed by atoms with E-state index >= 15 is 0 Å². The number of aryl methyl sites for hydroxylation is 1. The largest absolute Gasteiger partial charge is 0.309 e. The fraction of sp³-hybridized carbons (Fsp3) is 0.0909. The van der Waals surface area contributed by atoms with Crippen LogP contribution in [0.15, 0.2) is 236 Å². The average Bonchev–Trinajstić information content (AvgIpc) is 4.01. The summed E-state index contributed by atoms with van der Waals surface area (Å²) in [5, 5.41) is 14.0. The highest BCUT2D eigenvalue weighted by molar-refractivity contribution is 6.22. The number of para-hydroxylation sites is 3. The van der Waals surface area contributed by atoms with Gasteiger partial charge in [0.1, 0.15) is 0 Å². The molecule has 70 heavy (non-hydrogen) atoms. The molecule has 0 atom stereocenters. The SMILES string of the molecule is C/C=C\C.C=N/C(=C\C(=N)c1ccc(-n2c3ccccc3c3c(-c4ccc5c6ccccc6n(-c6ccccc6)c5c4)cc4c(c32)-c2ccccc2C4(C)C)cc1)c1ccccc1.Cc1ccccc1. The average molecular weight is 905 g/mol. The van der Waals surface area contributed by atoms with Crippen molar-refractivity contribution >= 4 is 61.7 Å². The van der Waals surface area contributed by atoms with Crippen LogP contribution in [0.3, 0.4) is 0 Å². The molecular weight excluding hydrogens is 849 g/mol. The molecule has 0 unspecified atom stereocenters. The molecule has 0 bridgehead atoms. The van der Waals surface area contributed by atoms with Crippen LogP contribution in [0, 0.1) is 12.3 Å². The molecule has 2 heterocycles. The van der Waals surface area contributed by atoms with E-state index in [0.29, 0.717) is 11.4 Å². The zero-order chi connectivity index (χ0) is 48.4. The number of hydrogen-bond donors (Lipinski definition) is 1. The predicted molar refractivity (Wildman–Crippen MR) is 301 cm³/mol. The molecule has 4 nitrogen and oxygen atoms in total. The summed E-state index contributed by atoms with van der Waals surface area (Å²) < 4.78 is 4.86. The smallest absolute Gasteiger partial charge is 0.0716 e. The first-order chi connectivity index (χ1) is 34.2. The van der Waals surface area contributed by atoms with Gasteiger partial charge in [0.2, 0.25) is 0 Å². The summed E-state index contributed by atoms with van der Waals surface area (Å²) in [6, 6.07) is 75.3. The van der Waals surface area contributed by atoms with E-state index < -0.39 is 0 Å². The molecule has 0 saturated heterocycles. The number of allylic oxidation sites excluding steroid dienone is 3. The van der Waals surface area contributed by atoms with Gasteiger partial charge in [-0.3, -0.25) is 4.99 Å². The Morgan fingerprint density at radius 3 is 1.71 bits per heavy atom. The summed E-state index contributed by atoms with van der Waals surface area (Å²) in [5.41, 5.74) is 18.4. The van der Waals surface area contributed by atoms with Gasteiger partial charge in [-0.2, -0.15) is 0 Å². The Kier molecular flexibility index (Phi) is 12.4. The fourth-order valence-electron chi connectivity index (χ4n) is 10.2. The van der Waals surface area contributed by atoms with Gasteiger partial charge >= 0.3 is 0 Å². The predicted octanol–water partition coefficient (Wildman–Crippen LogP) is 17.5. The van der Waals surface area contributed by atoms with E-state index in [-0.39, 0.29) is 5.41 Å². The van der Waals surface area contributed by atoms with Crippen molar-refractivity contribution in [3.63, 3.8) is 0 Å². The first-order valence-electron chi connectivity index (χ1n) is 24.0. The van der Waals surface area contributed by atoms with Gasteiger partial charge in [-0.15, -0.1) is 0 Å². The first-order valence-corrected chi connectivity index (χ1v) is 24.0. The molecule has 0 aliphatic heterocycles. The minimum Gasteiger partial charge on any atom is -0.309 e. The third-order valence-corrected chi connectivity index (χ3v) is 13.7. The van der Waals surface area contributed by atoms with Crippen molar-refractivity contribution in [1.29, 1.82) is 5.41 Å². The van der Waals surface area contributed by atoms with Gasteiger partial charge in [0, 0.05) is 49.5 Å². The fourth-order valence-corrected chi connectivity index (χ4v) is 10.2. The van der Waals surface area contributed by atoms with Crippen molar-refractivity contribution in [3.05, 3.63) is 258 Å². The lowest BCUT2D eigenvalue weighted by Crippen LogP contribution is -2.15. The summed E-state index contributed by atoms with van der Waals surface area (Å²) in [4.78, 5) is 4.26. The Labute approximate surface area is 411 Å². The van der Waals surface area contributed by atoms with E-state index in [4.69, 9.17) is 5.41 Å². The molecule has 4 heteroatoms. The Morgan fingerprint density at radius 2 is 1.07 bits per heavy atom. The molecule has 11 aromatic rings. The molecule has 9 aromatic carbocycles. The van der Waals surface area contributed by atoms with E-state index in [1.54, 1.807) is 6.08 Å². The van der Waals surface area contributed by atoms with Crippen LogP contribution in [-0.4, -0.2) is 21.6 Å². The van der Waals surface area contributed by atoms with Gasteiger partial charge in [-0.25, -0.2) is 0 Å². The zero-order valence-corrected chi connectivity index (χ0v) is 40.5. The van der Waals surface area contributed by atoms with Crippen LogP contribution in [0.1, 0.15) is 55.5 Å². The van der Waals surface area contributed by atoms with Gasteiger partial charge < -0.3 is 14.5 Å². The second-order valence-electron chi connectivity index (χ2n) is 18.3. The van der Waals surface area contributed by atoms with Crippen molar-refractivity contribution in [2.24, 2.45) is 4.99 Å². The van der Waals surface area contributed by atoms with E-state index in [1.165, 1.54) is 77.0 Å². The van der Waals surface area contributed by atoms with Gasteiger partial charge in [-0.05, 0) is 115 Å². The molecule has 340 valence electrons. The molecule has 12 rings (SSSR count). The molecule has 0 amide bonds. The van der Waals surface area contributed by atoms with Crippen LogP contribution in [0.2, 0.25) is 0 Å². The number of aliphatic imine (C=N–C) groups is 1. The molecule has 2 aromatic heterocycles. The van der Waals surface area contributed by atoms with Crippen LogP contribution in [-0.2, 0) is 5.41 Å². The maximum atomic E-state index is 9.06. The second kappa shape index (κ2) is 19.2. The Balaban J connectivity index is 0.000000462. The quantitative estimate of drug-likeness (QED) is 0.122. The normalized spacial score (nSPS) is 12.6. The maximum absolute atomic E-state index is 9.06. The molecule has 0 fully saturated rings. The number of benzene rings is 9. The molecule has 0 radical (unpaired) electrons. The summed E-state index contributed by atoms with van der Waals surface area (Å²) >= 11 is 0. The van der Waals surface area contributed by atoms with Crippen LogP contribution in [0.5, 0.6) is 0 Å². The number of nitrogens with one attached hydrogen (secondary N) is 1. The van der Waals surface area contributed by atoms with Crippen LogP contribution >= 0.6 is 0 Å². The monoisotopic (exact) mass is 904 g/mol. The standard InChI is InChI=1S/C55H40N4.C7H8.C4H8/c1-55(2)45-23-13-10-21-42(45)53-46(55)33-44(37-28-31-41-40-20-11-14-24-49(40)58(51(41)32-37)38-18-8-5-9-19-38)52-43-22-12-15-25-50(43)59(54(52)53)39-29-26-35(27-30-39)47(56)34-48(57-3)36-16-6-4-7-17-36;1-7-5-3-2-4-6-7;1-3-4-2/h4-34,56H,3H2,1-2H3;2-6H,1H3;3-4H,1-2H3/b48-34-,56-47?;;4-3-. The number of aromatic nitrogens is 2. The van der Waals surface area contributed by atoms with Crippen molar-refractivity contribution < 1.29 is 0 Å². The van der Waals surface area contributed by atoms with Crippen molar-refractivity contribution in [2.45, 2.75) is 40.0 Å². The first kappa shape index (κ1) is 45.2. The molecule has 1 aliphatic carbocycles. The lowest BCUT2D eigenvalue weighted by Gasteiger charge is -2.23. The van der Waals surface area contributed by atoms with Gasteiger partial charge in [0.15, 0.2) is 0 Å². The van der Waals surface area contributed by atoms with E-state index in [1.807, 2.05) is 74.5 Å². The van der Waals surface area contributed by atoms with Crippen molar-refractivity contribution in [3.8, 4) is 33.6 Å². The van der Waals surface area contributed by atoms with Gasteiger partial charge in [0.05, 0.1) is 33.5 Å². The van der Waals surface area contributed by atoms with Crippen molar-refractivity contribution in [2.75, 3.05) is 0 Å². The topological polar surface area (TPSA) is 46.1 Å². The molecule has 0 saturated carbocycles. The van der Waals surface area contributed by atoms with E-state index in [2.05, 4.69) is 205 Å². The summed E-state index contributed by atoms with van der Waals surface area (Å²) in [6.45, 7) is 14.6. The van der Waals surface area contributed by atoms with E-state index in [9.17, 15) is 0 Å². The van der Waals surface area contributed by atoms with Gasteiger partial charge in [-0.1, -0.05) is 195 Å². The third-order valence-electron chi connectivity index (χ3n) is 13.7. The zero-order valence-electron chi connectivity index (χ0n) is 40.5. The second-order valence-corrected chi connectivity index (χ2v) is 18.3. The third kappa shape index (κ3) is 8.07. The van der Waals surface area contributed by atoms with Crippen LogP contribution in [0.4, 0.5) is 0 Å². The minimum atomic E-state index is -0.222. The summed E-state index contributed by atoms with van der Waals surface area (Å²) in [6.07, 6.45) is 5.80. The van der Waals surface area contributed by atoms with Crippen molar-refractivity contribution in [1.82, 2.24) is 9.13 Å². The molecule has 1 aliphatic rings. The van der Waals surface area contributed by atoms with Crippen LogP contribution < -0.4 is 0 Å². The molecule has 0 spiro atoms. The van der Waals surface area contributed by atoms with Crippen LogP contribution in [0.25, 0.3) is 82.9 Å². The Bertz CT molecular complexity index is 3770. The lowest BCUT2D eigenvalue weighted by atomic mass is 9.81. The highest BCUT2D eigenvalue weighted by atomic mass is 15.0. The Hall–Kier alpha value is -8.60. The molecular formula is C66H56N4. The number of hydrogen-bond acceptors (Lipinski definition) is 2. The summed E-state index contributed by atoms with van der Waals surface area (Å²) in [7, 11) is 0. The minimum absolute atomic E-state index is 0.222. The number of fused-ring (bicyclic) bond motifs is 10. The number of nitrogens with zero attached hydrogens (tertiary/aromatic N) is 3.